The molecule has 114 valence electrons. The molecule has 0 amide bonds. The molecular formula is C16H32O3. The molecule has 3 heteroatoms. The van der Waals surface area contributed by atoms with Crippen LogP contribution in [0.1, 0.15) is 47.5 Å². The van der Waals surface area contributed by atoms with Crippen molar-refractivity contribution in [3.63, 3.8) is 0 Å². The molecule has 0 aliphatic rings. The Bertz CT molecular complexity index is 246. The lowest BCUT2D eigenvalue weighted by atomic mass is 9.76. The molecule has 2 N–H and O–H groups in total. The van der Waals surface area contributed by atoms with Crippen LogP contribution in [0.5, 0.6) is 0 Å². The van der Waals surface area contributed by atoms with Crippen LogP contribution in [-0.2, 0) is 4.74 Å². The summed E-state index contributed by atoms with van der Waals surface area (Å²) < 4.78 is 5.47. The predicted molar refractivity (Wildman–Crippen MR) is 80.0 cm³/mol. The van der Waals surface area contributed by atoms with Crippen molar-refractivity contribution in [3.8, 4) is 0 Å². The van der Waals surface area contributed by atoms with E-state index in [-0.39, 0.29) is 23.9 Å². The van der Waals surface area contributed by atoms with Crippen molar-refractivity contribution in [2.45, 2.75) is 65.8 Å². The van der Waals surface area contributed by atoms with Crippen molar-refractivity contribution in [1.82, 2.24) is 0 Å². The molecule has 0 aliphatic carbocycles. The molecular weight excluding hydrogens is 240 g/mol. The van der Waals surface area contributed by atoms with Crippen LogP contribution in [0.15, 0.2) is 12.2 Å². The first kappa shape index (κ1) is 18.6. The maximum absolute atomic E-state index is 10.5. The second-order valence-corrected chi connectivity index (χ2v) is 5.63. The Hall–Kier alpha value is -0.380. The Balaban J connectivity index is 4.88. The molecule has 19 heavy (non-hydrogen) atoms. The van der Waals surface area contributed by atoms with E-state index in [0.717, 1.165) is 12.8 Å². The Morgan fingerprint density at radius 1 is 1.16 bits per heavy atom. The van der Waals surface area contributed by atoms with Crippen molar-refractivity contribution in [1.29, 1.82) is 0 Å². The second-order valence-electron chi connectivity index (χ2n) is 5.63. The number of rotatable bonds is 9. The molecule has 6 unspecified atom stereocenters. The fourth-order valence-electron chi connectivity index (χ4n) is 2.91. The van der Waals surface area contributed by atoms with E-state index in [1.54, 1.807) is 14.0 Å². The topological polar surface area (TPSA) is 49.7 Å². The minimum atomic E-state index is -0.540. The fraction of sp³-hybridized carbons (Fsp3) is 0.875. The minimum absolute atomic E-state index is 0.0724. The van der Waals surface area contributed by atoms with Crippen LogP contribution in [0.3, 0.4) is 0 Å². The first-order valence-electron chi connectivity index (χ1n) is 7.40. The summed E-state index contributed by atoms with van der Waals surface area (Å²) in [5.74, 6) is 0.0934. The summed E-state index contributed by atoms with van der Waals surface area (Å²) in [6.45, 7) is 9.89. The summed E-state index contributed by atoms with van der Waals surface area (Å²) in [5, 5.41) is 20.6. The Morgan fingerprint density at radius 3 is 2.11 bits per heavy atom. The third kappa shape index (κ3) is 5.64. The van der Waals surface area contributed by atoms with Crippen LogP contribution >= 0.6 is 0 Å². The molecule has 0 aromatic rings. The third-order valence-electron chi connectivity index (χ3n) is 4.18. The number of methoxy groups -OCH3 is 1. The van der Waals surface area contributed by atoms with Gasteiger partial charge in [-0.2, -0.15) is 0 Å². The zero-order valence-electron chi connectivity index (χ0n) is 13.3. The molecule has 0 rings (SSSR count). The van der Waals surface area contributed by atoms with Gasteiger partial charge in [0.05, 0.1) is 18.3 Å². The highest BCUT2D eigenvalue weighted by Gasteiger charge is 2.35. The first-order valence-corrected chi connectivity index (χ1v) is 7.40. The normalized spacial score (nSPS) is 21.9. The summed E-state index contributed by atoms with van der Waals surface area (Å²) in [5.41, 5.74) is 0. The number of hydrogen-bond acceptors (Lipinski definition) is 3. The summed E-state index contributed by atoms with van der Waals surface area (Å²) >= 11 is 0. The van der Waals surface area contributed by atoms with Gasteiger partial charge >= 0.3 is 0 Å². The summed E-state index contributed by atoms with van der Waals surface area (Å²) in [6.07, 6.45) is 4.79. The van der Waals surface area contributed by atoms with Crippen molar-refractivity contribution < 1.29 is 14.9 Å². The molecule has 0 heterocycles. The van der Waals surface area contributed by atoms with Gasteiger partial charge in [-0.3, -0.25) is 0 Å². The van der Waals surface area contributed by atoms with Gasteiger partial charge in [0, 0.05) is 13.0 Å². The van der Waals surface area contributed by atoms with Crippen molar-refractivity contribution in [2.75, 3.05) is 7.11 Å². The van der Waals surface area contributed by atoms with Crippen molar-refractivity contribution in [2.24, 2.45) is 17.8 Å². The van der Waals surface area contributed by atoms with Crippen molar-refractivity contribution in [3.05, 3.63) is 12.2 Å². The third-order valence-corrected chi connectivity index (χ3v) is 4.18. The van der Waals surface area contributed by atoms with Gasteiger partial charge in [0.1, 0.15) is 0 Å². The van der Waals surface area contributed by atoms with Crippen LogP contribution in [-0.4, -0.2) is 35.6 Å². The fourth-order valence-corrected chi connectivity index (χ4v) is 2.91. The zero-order chi connectivity index (χ0) is 15.0. The maximum atomic E-state index is 10.5. The van der Waals surface area contributed by atoms with Crippen LogP contribution in [0.2, 0.25) is 0 Å². The summed E-state index contributed by atoms with van der Waals surface area (Å²) in [6, 6.07) is 0. The molecule has 0 fully saturated rings. The van der Waals surface area contributed by atoms with Crippen molar-refractivity contribution >= 4 is 0 Å². The molecule has 0 saturated carbocycles. The molecule has 0 bridgehead atoms. The van der Waals surface area contributed by atoms with Gasteiger partial charge < -0.3 is 14.9 Å². The number of allylic oxidation sites excluding steroid dienone is 2. The summed E-state index contributed by atoms with van der Waals surface area (Å²) in [4.78, 5) is 0. The predicted octanol–water partition coefficient (Wildman–Crippen LogP) is 3.01. The molecule has 6 atom stereocenters. The summed E-state index contributed by atoms with van der Waals surface area (Å²) in [7, 11) is 1.69. The second kappa shape index (κ2) is 9.51. The van der Waals surface area contributed by atoms with Crippen LogP contribution < -0.4 is 0 Å². The van der Waals surface area contributed by atoms with E-state index < -0.39 is 12.2 Å². The van der Waals surface area contributed by atoms with Gasteiger partial charge in [0.15, 0.2) is 0 Å². The smallest absolute Gasteiger partial charge is 0.0624 e. The lowest BCUT2D eigenvalue weighted by Crippen LogP contribution is -2.43. The molecule has 0 aromatic heterocycles. The molecule has 0 aromatic carbocycles. The Morgan fingerprint density at radius 2 is 1.74 bits per heavy atom. The van der Waals surface area contributed by atoms with E-state index in [9.17, 15) is 10.2 Å². The highest BCUT2D eigenvalue weighted by atomic mass is 16.5. The molecule has 0 spiro atoms. The highest BCUT2D eigenvalue weighted by Crippen LogP contribution is 2.30. The van der Waals surface area contributed by atoms with E-state index in [1.165, 1.54) is 0 Å². The average molecular weight is 272 g/mol. The van der Waals surface area contributed by atoms with Crippen LogP contribution in [0.25, 0.3) is 0 Å². The highest BCUT2D eigenvalue weighted by molar-refractivity contribution is 4.88. The maximum Gasteiger partial charge on any atom is 0.0624 e. The molecule has 0 radical (unpaired) electrons. The Kier molecular flexibility index (Phi) is 9.32. The molecule has 0 aliphatic heterocycles. The van der Waals surface area contributed by atoms with Gasteiger partial charge in [-0.15, -0.1) is 0 Å². The van der Waals surface area contributed by atoms with E-state index in [2.05, 4.69) is 19.9 Å². The average Bonchev–Trinajstić information content (AvgIpc) is 2.36. The van der Waals surface area contributed by atoms with Gasteiger partial charge in [0.2, 0.25) is 0 Å². The van der Waals surface area contributed by atoms with E-state index in [0.29, 0.717) is 0 Å². The number of ether oxygens (including phenoxy) is 1. The standard InChI is InChI=1S/C16H32O3/c1-7-9-10-11(3)16(18)15(13(5)17)12(4)14(8-2)19-6/h7,9,11-18H,8,10H2,1-6H3/b9-7+. The van der Waals surface area contributed by atoms with E-state index in [1.807, 2.05) is 19.9 Å². The van der Waals surface area contributed by atoms with Gasteiger partial charge in [-0.25, -0.2) is 0 Å². The zero-order valence-corrected chi connectivity index (χ0v) is 13.3. The van der Waals surface area contributed by atoms with Crippen LogP contribution in [0.4, 0.5) is 0 Å². The minimum Gasteiger partial charge on any atom is -0.393 e. The van der Waals surface area contributed by atoms with Gasteiger partial charge in [-0.1, -0.05) is 32.9 Å². The molecule has 0 saturated heterocycles. The lowest BCUT2D eigenvalue weighted by molar-refractivity contribution is -0.0722. The first-order chi connectivity index (χ1) is 8.90. The lowest BCUT2D eigenvalue weighted by Gasteiger charge is -2.37. The SMILES string of the molecule is C/C=C/CC(C)C(O)C(C(C)O)C(C)C(CC)OC. The number of aliphatic hydroxyl groups is 2. The number of aliphatic hydroxyl groups excluding tert-OH is 2. The largest absolute Gasteiger partial charge is 0.393 e. The van der Waals surface area contributed by atoms with Gasteiger partial charge in [0.25, 0.3) is 0 Å². The van der Waals surface area contributed by atoms with E-state index >= 15 is 0 Å². The monoisotopic (exact) mass is 272 g/mol. The van der Waals surface area contributed by atoms with E-state index in [4.69, 9.17) is 4.74 Å². The van der Waals surface area contributed by atoms with Crippen LogP contribution in [0, 0.1) is 17.8 Å². The Labute approximate surface area is 118 Å². The number of hydrogen-bond donors (Lipinski definition) is 2. The molecule has 3 nitrogen and oxygen atoms in total. The quantitative estimate of drug-likeness (QED) is 0.634. The van der Waals surface area contributed by atoms with Gasteiger partial charge in [-0.05, 0) is 38.5 Å².